The highest BCUT2D eigenvalue weighted by molar-refractivity contribution is 7.95. The summed E-state index contributed by atoms with van der Waals surface area (Å²) in [4.78, 5) is 12.4. The topological polar surface area (TPSA) is 82.1 Å². The molecule has 0 heterocycles. The van der Waals surface area contributed by atoms with Crippen LogP contribution < -0.4 is 0 Å². The van der Waals surface area contributed by atoms with Crippen LogP contribution in [0.4, 0.5) is 0 Å². The molecule has 0 aromatic heterocycles. The van der Waals surface area contributed by atoms with E-state index >= 15 is 0 Å². The van der Waals surface area contributed by atoms with Crippen molar-refractivity contribution < 1.29 is 28.1 Å². The Bertz CT molecular complexity index is 692. The summed E-state index contributed by atoms with van der Waals surface area (Å²) < 4.78 is 27.7. The predicted octanol–water partition coefficient (Wildman–Crippen LogP) is 7.77. The normalized spacial score (nSPS) is 14.9. The molecule has 1 N–H and O–H groups in total. The fourth-order valence-electron chi connectivity index (χ4n) is 3.93. The average molecular weight is 544 g/mol. The third kappa shape index (κ3) is 14.7. The van der Waals surface area contributed by atoms with Gasteiger partial charge in [-0.1, -0.05) is 107 Å². The number of aliphatic hydroxyl groups is 1. The fraction of sp³-hybridized carbons (Fsp3) is 0.750. The van der Waals surface area contributed by atoms with E-state index in [0.717, 1.165) is 50.6 Å². The van der Waals surface area contributed by atoms with Crippen LogP contribution in [-0.2, 0) is 23.0 Å². The quantitative estimate of drug-likeness (QED) is 0.0653. The van der Waals surface area contributed by atoms with Crippen LogP contribution in [0, 0.1) is 0 Å². The third-order valence-electron chi connectivity index (χ3n) is 6.20. The Balaban J connectivity index is 2.28. The molecule has 8 heteroatoms. The van der Waals surface area contributed by atoms with Gasteiger partial charge in [0.1, 0.15) is 0 Å². The summed E-state index contributed by atoms with van der Waals surface area (Å²) in [5, 5.41) is 10.4. The maximum atomic E-state index is 12.4. The standard InChI is InChI=1S/C28H47O6PS/c1-4-6-8-9-10-11-12-16-21-32-24(3)23-33-28(30,35-31)27(29)34-36-22-20-26(17-7-5-2)25-18-14-13-15-19-25/h13-15,18-19,24,26,30H,4-12,16-17,20-23H2,1-3H3/p+1. The molecule has 1 aromatic rings. The lowest BCUT2D eigenvalue weighted by Gasteiger charge is -2.18. The summed E-state index contributed by atoms with van der Waals surface area (Å²) in [6.45, 7) is 6.75. The smallest absolute Gasteiger partial charge is 0.384 e. The van der Waals surface area contributed by atoms with Gasteiger partial charge in [0.2, 0.25) is 0 Å². The number of hydrogen-bond acceptors (Lipinski definition) is 7. The van der Waals surface area contributed by atoms with Crippen molar-refractivity contribution in [3.63, 3.8) is 0 Å². The van der Waals surface area contributed by atoms with Crippen molar-refractivity contribution in [1.82, 2.24) is 0 Å². The Morgan fingerprint density at radius 2 is 1.61 bits per heavy atom. The molecule has 6 nitrogen and oxygen atoms in total. The number of hydrogen-bond donors (Lipinski definition) is 1. The molecule has 0 saturated heterocycles. The number of benzene rings is 1. The zero-order chi connectivity index (χ0) is 26.5. The molecule has 4 atom stereocenters. The van der Waals surface area contributed by atoms with Crippen molar-refractivity contribution >= 4 is 26.5 Å². The number of carbonyl (C=O) groups is 1. The maximum Gasteiger partial charge on any atom is 0.471 e. The minimum absolute atomic E-state index is 0.0460. The molecular formula is C28H48O6PS+. The van der Waals surface area contributed by atoms with E-state index in [2.05, 4.69) is 26.0 Å². The first-order valence-electron chi connectivity index (χ1n) is 13.7. The van der Waals surface area contributed by atoms with Gasteiger partial charge in [0.05, 0.1) is 24.8 Å². The van der Waals surface area contributed by atoms with Crippen LogP contribution in [0.15, 0.2) is 30.3 Å². The van der Waals surface area contributed by atoms with Gasteiger partial charge in [0.15, 0.2) is 0 Å². The van der Waals surface area contributed by atoms with E-state index in [-0.39, 0.29) is 12.7 Å². The van der Waals surface area contributed by atoms with Gasteiger partial charge in [-0.3, -0.25) is 4.74 Å². The van der Waals surface area contributed by atoms with Crippen LogP contribution in [0.2, 0.25) is 0 Å². The Hall–Kier alpha value is -0.980. The van der Waals surface area contributed by atoms with E-state index in [0.29, 0.717) is 18.3 Å². The second kappa shape index (κ2) is 21.0. The van der Waals surface area contributed by atoms with Gasteiger partial charge in [0, 0.05) is 12.4 Å². The molecule has 206 valence electrons. The molecule has 0 saturated carbocycles. The lowest BCUT2D eigenvalue weighted by atomic mass is 9.91. The van der Waals surface area contributed by atoms with Gasteiger partial charge < -0.3 is 14.0 Å². The minimum atomic E-state index is -2.47. The van der Waals surface area contributed by atoms with Gasteiger partial charge in [-0.05, 0) is 37.7 Å². The van der Waals surface area contributed by atoms with Crippen molar-refractivity contribution in [2.75, 3.05) is 19.0 Å². The van der Waals surface area contributed by atoms with E-state index in [9.17, 15) is 14.5 Å². The van der Waals surface area contributed by atoms with Crippen LogP contribution in [0.25, 0.3) is 0 Å². The van der Waals surface area contributed by atoms with Crippen LogP contribution in [0.3, 0.4) is 0 Å². The molecule has 0 aliphatic heterocycles. The summed E-state index contributed by atoms with van der Waals surface area (Å²) in [5.74, 6) is -0.0839. The van der Waals surface area contributed by atoms with E-state index in [4.69, 9.17) is 13.7 Å². The molecule has 1 aromatic carbocycles. The van der Waals surface area contributed by atoms with Crippen molar-refractivity contribution in [3.8, 4) is 0 Å². The van der Waals surface area contributed by atoms with Gasteiger partial charge >= 0.3 is 20.0 Å². The van der Waals surface area contributed by atoms with Crippen molar-refractivity contribution in [1.29, 1.82) is 0 Å². The first-order valence-corrected chi connectivity index (χ1v) is 15.5. The SMILES string of the molecule is CCCCCCCCCCOC(C)COC(O)([PH+]=O)C(=O)OSCCC(CCCC)c1ccccc1. The summed E-state index contributed by atoms with van der Waals surface area (Å²) in [6, 6.07) is 10.3. The second-order valence-electron chi connectivity index (χ2n) is 9.44. The molecule has 1 rings (SSSR count). The zero-order valence-corrected chi connectivity index (χ0v) is 24.4. The lowest BCUT2D eigenvalue weighted by Crippen LogP contribution is -2.38. The van der Waals surface area contributed by atoms with Gasteiger partial charge in [-0.2, -0.15) is 0 Å². The monoisotopic (exact) mass is 543 g/mol. The van der Waals surface area contributed by atoms with Crippen LogP contribution in [0.1, 0.15) is 109 Å². The zero-order valence-electron chi connectivity index (χ0n) is 22.5. The summed E-state index contributed by atoms with van der Waals surface area (Å²) >= 11 is 0.966. The fourth-order valence-corrected chi connectivity index (χ4v) is 4.97. The summed E-state index contributed by atoms with van der Waals surface area (Å²) in [7, 11) is -1.39. The third-order valence-corrected chi connectivity index (χ3v) is 7.50. The van der Waals surface area contributed by atoms with Crippen LogP contribution >= 0.6 is 20.5 Å². The molecular weight excluding hydrogens is 495 g/mol. The lowest BCUT2D eigenvalue weighted by molar-refractivity contribution is -0.192. The molecule has 0 aliphatic rings. The number of unbranched alkanes of at least 4 members (excludes halogenated alkanes) is 8. The van der Waals surface area contributed by atoms with Crippen LogP contribution in [-0.4, -0.2) is 41.7 Å². The van der Waals surface area contributed by atoms with Gasteiger partial charge in [0.25, 0.3) is 0 Å². The Morgan fingerprint density at radius 3 is 2.25 bits per heavy atom. The molecule has 0 bridgehead atoms. The van der Waals surface area contributed by atoms with E-state index in [1.807, 2.05) is 18.2 Å². The molecule has 4 unspecified atom stereocenters. The van der Waals surface area contributed by atoms with E-state index in [1.165, 1.54) is 44.1 Å². The van der Waals surface area contributed by atoms with Gasteiger partial charge in [-0.25, -0.2) is 4.79 Å². The number of rotatable bonds is 23. The van der Waals surface area contributed by atoms with E-state index < -0.39 is 20.0 Å². The Morgan fingerprint density at radius 1 is 0.972 bits per heavy atom. The first kappa shape index (κ1) is 33.0. The van der Waals surface area contributed by atoms with Crippen molar-refractivity contribution in [3.05, 3.63) is 35.9 Å². The van der Waals surface area contributed by atoms with E-state index in [1.54, 1.807) is 6.92 Å². The summed E-state index contributed by atoms with van der Waals surface area (Å²) in [6.07, 6.45) is 13.6. The Labute approximate surface area is 224 Å². The average Bonchev–Trinajstić information content (AvgIpc) is 2.90. The van der Waals surface area contributed by atoms with Crippen molar-refractivity contribution in [2.24, 2.45) is 0 Å². The summed E-state index contributed by atoms with van der Waals surface area (Å²) in [5.41, 5.74) is -1.19. The molecule has 36 heavy (non-hydrogen) atoms. The molecule has 0 fully saturated rings. The highest BCUT2D eigenvalue weighted by Crippen LogP contribution is 2.29. The predicted molar refractivity (Wildman–Crippen MR) is 150 cm³/mol. The van der Waals surface area contributed by atoms with Crippen molar-refractivity contribution in [2.45, 2.75) is 115 Å². The Kier molecular flexibility index (Phi) is 19.3. The minimum Gasteiger partial charge on any atom is -0.384 e. The maximum absolute atomic E-state index is 12.4. The first-order chi connectivity index (χ1) is 17.5. The van der Waals surface area contributed by atoms with Gasteiger partial charge in [-0.15, -0.1) is 0 Å². The molecule has 0 radical (unpaired) electrons. The molecule has 0 amide bonds. The highest BCUT2D eigenvalue weighted by Gasteiger charge is 2.50. The highest BCUT2D eigenvalue weighted by atomic mass is 32.2. The largest absolute Gasteiger partial charge is 0.471 e. The molecule has 0 spiro atoms. The number of carbonyl (C=O) groups excluding carboxylic acids is 1. The molecule has 0 aliphatic carbocycles. The number of ether oxygens (including phenoxy) is 2. The van der Waals surface area contributed by atoms with Crippen LogP contribution in [0.5, 0.6) is 0 Å². The second-order valence-corrected chi connectivity index (χ2v) is 11.1.